The molecule has 0 aliphatic carbocycles. The maximum atomic E-state index is 11.8. The second-order valence-corrected chi connectivity index (χ2v) is 6.92. The summed E-state index contributed by atoms with van der Waals surface area (Å²) in [5, 5.41) is 0. The third kappa shape index (κ3) is 7.53. The Morgan fingerprint density at radius 3 is 1.28 bits per heavy atom. The molecule has 0 saturated heterocycles. The minimum absolute atomic E-state index is 0. The molecule has 0 unspecified atom stereocenters. The smallest absolute Gasteiger partial charge is 0.335 e. The number of hydrogen-bond acceptors (Lipinski definition) is 8. The number of benzene rings is 2. The van der Waals surface area contributed by atoms with Gasteiger partial charge in [0.1, 0.15) is 0 Å². The molecule has 0 amide bonds. The monoisotopic (exact) mass is 500 g/mol. The van der Waals surface area contributed by atoms with Crippen molar-refractivity contribution in [2.75, 3.05) is 26.4 Å². The second kappa shape index (κ2) is 15.1. The Hall–Kier alpha value is -3.94. The zero-order valence-corrected chi connectivity index (χ0v) is 20.7. The molecule has 0 atom stereocenters. The van der Waals surface area contributed by atoms with Gasteiger partial charge in [-0.1, -0.05) is 32.7 Å². The first-order chi connectivity index (χ1) is 16.9. The fourth-order valence-corrected chi connectivity index (χ4v) is 3.28. The van der Waals surface area contributed by atoms with E-state index in [1.807, 2.05) is 27.7 Å². The molecule has 0 spiro atoms. The first kappa shape index (κ1) is 30.1. The van der Waals surface area contributed by atoms with Gasteiger partial charge in [0.2, 0.25) is 11.5 Å². The Kier molecular flexibility index (Phi) is 12.7. The lowest BCUT2D eigenvalue weighted by molar-refractivity contribution is -0.130. The van der Waals surface area contributed by atoms with E-state index in [2.05, 4.69) is 13.2 Å². The fraction of sp³-hybridized carbons (Fsp3) is 0.357. The summed E-state index contributed by atoms with van der Waals surface area (Å²) < 4.78 is 34.2. The van der Waals surface area contributed by atoms with Crippen LogP contribution in [0.1, 0.15) is 46.2 Å². The minimum atomic E-state index is -0.606. The van der Waals surface area contributed by atoms with Crippen molar-refractivity contribution in [3.8, 4) is 34.5 Å². The SMILES string of the molecule is C.C=CC(=O)Oc1ccc(Cc2ccc(OC(=O)C=C)c(OCC)c2OCC)c(OCC)c1OCC. The van der Waals surface area contributed by atoms with E-state index in [0.717, 1.165) is 23.3 Å². The fourth-order valence-electron chi connectivity index (χ4n) is 3.28. The molecule has 2 aromatic carbocycles. The molecule has 8 heteroatoms. The average molecular weight is 501 g/mol. The molecule has 0 aliphatic heterocycles. The normalized spacial score (nSPS) is 9.89. The summed E-state index contributed by atoms with van der Waals surface area (Å²) in [5.74, 6) is 0.795. The highest BCUT2D eigenvalue weighted by Crippen LogP contribution is 2.45. The van der Waals surface area contributed by atoms with Crippen LogP contribution < -0.4 is 28.4 Å². The van der Waals surface area contributed by atoms with Gasteiger partial charge in [0.25, 0.3) is 0 Å². The van der Waals surface area contributed by atoms with Crippen LogP contribution in [0.15, 0.2) is 49.6 Å². The van der Waals surface area contributed by atoms with Crippen molar-refractivity contribution in [1.82, 2.24) is 0 Å². The molecule has 0 heterocycles. The largest absolute Gasteiger partial charge is 0.490 e. The molecule has 0 radical (unpaired) electrons. The van der Waals surface area contributed by atoms with E-state index >= 15 is 0 Å². The Labute approximate surface area is 213 Å². The lowest BCUT2D eigenvalue weighted by Gasteiger charge is -2.20. The van der Waals surface area contributed by atoms with Crippen LogP contribution in [-0.2, 0) is 16.0 Å². The third-order valence-corrected chi connectivity index (χ3v) is 4.61. The maximum absolute atomic E-state index is 11.8. The minimum Gasteiger partial charge on any atom is -0.490 e. The predicted molar refractivity (Wildman–Crippen MR) is 139 cm³/mol. The van der Waals surface area contributed by atoms with Gasteiger partial charge in [0.15, 0.2) is 23.0 Å². The van der Waals surface area contributed by atoms with Gasteiger partial charge in [-0.05, 0) is 39.8 Å². The van der Waals surface area contributed by atoms with E-state index in [9.17, 15) is 9.59 Å². The van der Waals surface area contributed by atoms with Gasteiger partial charge < -0.3 is 28.4 Å². The number of rotatable bonds is 14. The van der Waals surface area contributed by atoms with Gasteiger partial charge in [-0.2, -0.15) is 0 Å². The van der Waals surface area contributed by atoms with E-state index in [0.29, 0.717) is 55.8 Å². The zero-order valence-electron chi connectivity index (χ0n) is 20.7. The lowest BCUT2D eigenvalue weighted by atomic mass is 10.0. The molecule has 8 nitrogen and oxygen atoms in total. The Bertz CT molecular complexity index is 975. The molecule has 196 valence electrons. The highest BCUT2D eigenvalue weighted by molar-refractivity contribution is 5.85. The van der Waals surface area contributed by atoms with Gasteiger partial charge in [-0.15, -0.1) is 0 Å². The molecule has 2 rings (SSSR count). The van der Waals surface area contributed by atoms with Gasteiger partial charge in [0.05, 0.1) is 26.4 Å². The van der Waals surface area contributed by atoms with E-state index in [-0.39, 0.29) is 18.9 Å². The molecule has 0 aliphatic rings. The summed E-state index contributed by atoms with van der Waals surface area (Å²) >= 11 is 0. The zero-order chi connectivity index (χ0) is 25.8. The van der Waals surface area contributed by atoms with E-state index in [1.54, 1.807) is 24.3 Å². The first-order valence-electron chi connectivity index (χ1n) is 11.4. The number of carbonyl (C=O) groups excluding carboxylic acids is 2. The number of carbonyl (C=O) groups is 2. The van der Waals surface area contributed by atoms with Crippen LogP contribution in [0.4, 0.5) is 0 Å². The summed E-state index contributed by atoms with van der Waals surface area (Å²) in [5.41, 5.74) is 1.54. The quantitative estimate of drug-likeness (QED) is 0.186. The highest BCUT2D eigenvalue weighted by Gasteiger charge is 2.23. The summed E-state index contributed by atoms with van der Waals surface area (Å²) in [6.07, 6.45) is 2.53. The highest BCUT2D eigenvalue weighted by atomic mass is 16.6. The number of esters is 2. The van der Waals surface area contributed by atoms with E-state index in [1.165, 1.54) is 0 Å². The molecule has 0 N–H and O–H groups in total. The van der Waals surface area contributed by atoms with Crippen LogP contribution in [0.2, 0.25) is 0 Å². The Morgan fingerprint density at radius 2 is 0.972 bits per heavy atom. The number of hydrogen-bond donors (Lipinski definition) is 0. The third-order valence-electron chi connectivity index (χ3n) is 4.61. The van der Waals surface area contributed by atoms with Crippen LogP contribution >= 0.6 is 0 Å². The molecule has 0 fully saturated rings. The summed E-state index contributed by atoms with van der Waals surface area (Å²) in [7, 11) is 0. The van der Waals surface area contributed by atoms with Crippen molar-refractivity contribution in [3.63, 3.8) is 0 Å². The van der Waals surface area contributed by atoms with Crippen LogP contribution in [0.5, 0.6) is 34.5 Å². The maximum Gasteiger partial charge on any atom is 0.335 e. The van der Waals surface area contributed by atoms with Gasteiger partial charge in [-0.25, -0.2) is 9.59 Å². The van der Waals surface area contributed by atoms with Gasteiger partial charge in [-0.3, -0.25) is 0 Å². The van der Waals surface area contributed by atoms with Crippen LogP contribution in [-0.4, -0.2) is 38.4 Å². The molecule has 2 aromatic rings. The summed E-state index contributed by atoms with van der Waals surface area (Å²) in [4.78, 5) is 23.6. The Morgan fingerprint density at radius 1 is 0.639 bits per heavy atom. The summed E-state index contributed by atoms with van der Waals surface area (Å²) in [6.45, 7) is 15.6. The second-order valence-electron chi connectivity index (χ2n) is 6.92. The lowest BCUT2D eigenvalue weighted by Crippen LogP contribution is -2.10. The van der Waals surface area contributed by atoms with Crippen LogP contribution in [0, 0.1) is 0 Å². The van der Waals surface area contributed by atoms with Gasteiger partial charge in [0, 0.05) is 29.7 Å². The summed E-state index contributed by atoms with van der Waals surface area (Å²) in [6, 6.07) is 6.88. The van der Waals surface area contributed by atoms with Crippen molar-refractivity contribution >= 4 is 11.9 Å². The van der Waals surface area contributed by atoms with Crippen molar-refractivity contribution in [3.05, 3.63) is 60.7 Å². The van der Waals surface area contributed by atoms with Gasteiger partial charge >= 0.3 is 11.9 Å². The molecule has 0 bridgehead atoms. The van der Waals surface area contributed by atoms with Crippen LogP contribution in [0.3, 0.4) is 0 Å². The van der Waals surface area contributed by atoms with Crippen molar-refractivity contribution in [2.45, 2.75) is 41.5 Å². The van der Waals surface area contributed by atoms with Crippen molar-refractivity contribution in [1.29, 1.82) is 0 Å². The van der Waals surface area contributed by atoms with E-state index < -0.39 is 11.9 Å². The molecule has 36 heavy (non-hydrogen) atoms. The predicted octanol–water partition coefficient (Wildman–Crippen LogP) is 5.69. The van der Waals surface area contributed by atoms with E-state index in [4.69, 9.17) is 28.4 Å². The molecular formula is C28H36O8. The standard InChI is InChI=1S/C27H32O8.CH4/c1-7-22(28)34-20-15-13-18(24(30-9-3)26(20)32-11-5)17-19-14-16-21(35-23(29)8-2)27(33-12-6)25(19)31-10-4;/h7-8,13-16H,1-2,9-12,17H2,3-6H3;1H4. The topological polar surface area (TPSA) is 89.5 Å². The molecular weight excluding hydrogens is 464 g/mol. The number of ether oxygens (including phenoxy) is 6. The van der Waals surface area contributed by atoms with Crippen molar-refractivity contribution in [2.24, 2.45) is 0 Å². The van der Waals surface area contributed by atoms with Crippen LogP contribution in [0.25, 0.3) is 0 Å². The van der Waals surface area contributed by atoms with Crippen molar-refractivity contribution < 1.29 is 38.0 Å². The molecule has 0 saturated carbocycles. The average Bonchev–Trinajstić information content (AvgIpc) is 2.85. The first-order valence-corrected chi connectivity index (χ1v) is 11.4. The molecule has 0 aromatic heterocycles. The Balaban J connectivity index is 0.00000648.